The number of rotatable bonds is 3. The molecule has 1 atom stereocenters. The number of fused-ring (bicyclic) bond motifs is 1. The molecule has 1 aliphatic rings. The van der Waals surface area contributed by atoms with Crippen LogP contribution in [0.5, 0.6) is 11.8 Å². The van der Waals surface area contributed by atoms with E-state index in [1.54, 1.807) is 4.57 Å². The molecule has 1 aromatic heterocycles. The normalized spacial score (nSPS) is 17.0. The molecule has 0 saturated carbocycles. The molecule has 0 saturated heterocycles. The highest BCUT2D eigenvalue weighted by Crippen LogP contribution is 2.32. The van der Waals surface area contributed by atoms with E-state index in [-0.39, 0.29) is 29.2 Å². The van der Waals surface area contributed by atoms with E-state index in [1.807, 2.05) is 6.92 Å². The van der Waals surface area contributed by atoms with Crippen molar-refractivity contribution in [3.8, 4) is 24.1 Å². The van der Waals surface area contributed by atoms with Crippen LogP contribution in [0.2, 0.25) is 5.02 Å². The number of ether oxygens (including phenoxy) is 2. The zero-order chi connectivity index (χ0) is 15.7. The van der Waals surface area contributed by atoms with Crippen molar-refractivity contribution in [1.82, 2.24) is 8.94 Å². The molecule has 0 spiro atoms. The number of hydrogen-bond donors (Lipinski definition) is 0. The topological polar surface area (TPSA) is 48.6 Å². The SMILES string of the molecule is C#CCOc1cc(N=c2snc3n2CC(C)O3)c(F)cc1Cl. The van der Waals surface area contributed by atoms with Gasteiger partial charge < -0.3 is 9.47 Å². The highest BCUT2D eigenvalue weighted by Gasteiger charge is 2.22. The fourth-order valence-corrected chi connectivity index (χ4v) is 2.89. The smallest absolute Gasteiger partial charge is 0.310 e. The van der Waals surface area contributed by atoms with E-state index in [2.05, 4.69) is 15.3 Å². The average molecular weight is 340 g/mol. The Balaban J connectivity index is 2.02. The van der Waals surface area contributed by atoms with Crippen molar-refractivity contribution >= 4 is 28.8 Å². The van der Waals surface area contributed by atoms with Crippen LogP contribution in [0.25, 0.3) is 0 Å². The van der Waals surface area contributed by atoms with Crippen LogP contribution in [0.15, 0.2) is 17.1 Å². The van der Waals surface area contributed by atoms with Gasteiger partial charge in [0, 0.05) is 17.6 Å². The lowest BCUT2D eigenvalue weighted by Gasteiger charge is -2.06. The number of hydrogen-bond acceptors (Lipinski definition) is 5. The monoisotopic (exact) mass is 339 g/mol. The summed E-state index contributed by atoms with van der Waals surface area (Å²) >= 11 is 7.06. The van der Waals surface area contributed by atoms with E-state index in [1.165, 1.54) is 6.07 Å². The Labute approximate surface area is 135 Å². The minimum absolute atomic E-state index is 0.0226. The minimum atomic E-state index is -0.548. The maximum atomic E-state index is 14.0. The third-order valence-electron chi connectivity index (χ3n) is 2.94. The maximum absolute atomic E-state index is 14.0. The van der Waals surface area contributed by atoms with E-state index < -0.39 is 5.82 Å². The fraction of sp³-hybridized carbons (Fsp3) is 0.286. The second-order valence-electron chi connectivity index (χ2n) is 4.63. The molecule has 0 fully saturated rings. The van der Waals surface area contributed by atoms with E-state index in [9.17, 15) is 4.39 Å². The van der Waals surface area contributed by atoms with Crippen LogP contribution in [0.3, 0.4) is 0 Å². The molecule has 0 bridgehead atoms. The molecule has 22 heavy (non-hydrogen) atoms. The van der Waals surface area contributed by atoms with Crippen LogP contribution in [0, 0.1) is 18.2 Å². The maximum Gasteiger partial charge on any atom is 0.310 e. The van der Waals surface area contributed by atoms with Gasteiger partial charge in [-0.2, -0.15) is 0 Å². The largest absolute Gasteiger partial charge is 0.479 e. The lowest BCUT2D eigenvalue weighted by atomic mass is 10.3. The summed E-state index contributed by atoms with van der Waals surface area (Å²) < 4.78 is 30.7. The van der Waals surface area contributed by atoms with Crippen LogP contribution in [-0.4, -0.2) is 21.7 Å². The van der Waals surface area contributed by atoms with Gasteiger partial charge in [-0.3, -0.25) is 4.57 Å². The van der Waals surface area contributed by atoms with Gasteiger partial charge in [-0.25, -0.2) is 9.38 Å². The van der Waals surface area contributed by atoms with Crippen molar-refractivity contribution in [2.45, 2.75) is 19.6 Å². The molecule has 2 heterocycles. The lowest BCUT2D eigenvalue weighted by molar-refractivity contribution is 0.247. The Hall–Kier alpha value is -2.04. The Morgan fingerprint density at radius 3 is 3.27 bits per heavy atom. The molecule has 0 aliphatic carbocycles. The number of aromatic nitrogens is 2. The van der Waals surface area contributed by atoms with Gasteiger partial charge in [0.25, 0.3) is 0 Å². The zero-order valence-corrected chi connectivity index (χ0v) is 13.1. The molecule has 8 heteroatoms. The van der Waals surface area contributed by atoms with E-state index in [4.69, 9.17) is 27.5 Å². The second-order valence-corrected chi connectivity index (χ2v) is 5.76. The first-order valence-corrected chi connectivity index (χ1v) is 7.57. The van der Waals surface area contributed by atoms with Crippen LogP contribution in [0.1, 0.15) is 6.92 Å². The highest BCUT2D eigenvalue weighted by molar-refractivity contribution is 7.02. The van der Waals surface area contributed by atoms with Gasteiger partial charge in [0.2, 0.25) is 4.80 Å². The molecule has 0 radical (unpaired) electrons. The average Bonchev–Trinajstić information content (AvgIpc) is 3.01. The standard InChI is InChI=1S/C14H11ClFN3O2S/c1-3-4-20-12-6-11(10(16)5-9(12)15)17-14-19-7-8(2)21-13(19)18-22-14/h1,5-6,8H,4,7H2,2H3. The van der Waals surface area contributed by atoms with Crippen molar-refractivity contribution in [1.29, 1.82) is 0 Å². The van der Waals surface area contributed by atoms with Gasteiger partial charge in [-0.1, -0.05) is 17.5 Å². The number of nitrogens with zero attached hydrogens (tertiary/aromatic N) is 3. The number of halogens is 2. The fourth-order valence-electron chi connectivity index (χ4n) is 1.99. The van der Waals surface area contributed by atoms with Crippen molar-refractivity contribution in [3.05, 3.63) is 27.8 Å². The Morgan fingerprint density at radius 1 is 1.68 bits per heavy atom. The number of benzene rings is 1. The first-order chi connectivity index (χ1) is 10.6. The van der Waals surface area contributed by atoms with Crippen molar-refractivity contribution < 1.29 is 13.9 Å². The predicted molar refractivity (Wildman–Crippen MR) is 81.2 cm³/mol. The first kappa shape index (κ1) is 14.9. The van der Waals surface area contributed by atoms with Crippen LogP contribution in [0.4, 0.5) is 10.1 Å². The molecule has 1 aromatic carbocycles. The zero-order valence-electron chi connectivity index (χ0n) is 11.5. The summed E-state index contributed by atoms with van der Waals surface area (Å²) in [6.45, 7) is 2.60. The predicted octanol–water partition coefficient (Wildman–Crippen LogP) is 2.76. The van der Waals surface area contributed by atoms with Crippen molar-refractivity contribution in [3.63, 3.8) is 0 Å². The molecular weight excluding hydrogens is 329 g/mol. The molecule has 5 nitrogen and oxygen atoms in total. The molecule has 1 aliphatic heterocycles. The quantitative estimate of drug-likeness (QED) is 0.808. The third-order valence-corrected chi connectivity index (χ3v) is 3.96. The van der Waals surface area contributed by atoms with Crippen LogP contribution < -0.4 is 14.3 Å². The summed E-state index contributed by atoms with van der Waals surface area (Å²) in [5.74, 6) is 2.07. The second kappa shape index (κ2) is 5.99. The Kier molecular flexibility index (Phi) is 4.05. The third kappa shape index (κ3) is 2.80. The first-order valence-electron chi connectivity index (χ1n) is 6.41. The number of terminal acetylenes is 1. The van der Waals surface area contributed by atoms with Crippen molar-refractivity contribution in [2.24, 2.45) is 4.99 Å². The van der Waals surface area contributed by atoms with Crippen LogP contribution in [-0.2, 0) is 6.54 Å². The van der Waals surface area contributed by atoms with Crippen molar-refractivity contribution in [2.75, 3.05) is 6.61 Å². The summed E-state index contributed by atoms with van der Waals surface area (Å²) in [4.78, 5) is 4.84. The summed E-state index contributed by atoms with van der Waals surface area (Å²) in [6.07, 6.45) is 5.16. The highest BCUT2D eigenvalue weighted by atomic mass is 35.5. The summed E-state index contributed by atoms with van der Waals surface area (Å²) in [5, 5.41) is 0.144. The molecule has 1 unspecified atom stereocenters. The van der Waals surface area contributed by atoms with E-state index >= 15 is 0 Å². The molecule has 114 valence electrons. The van der Waals surface area contributed by atoms with Gasteiger partial charge >= 0.3 is 6.01 Å². The van der Waals surface area contributed by atoms with Gasteiger partial charge in [-0.05, 0) is 13.0 Å². The van der Waals surface area contributed by atoms with Gasteiger partial charge in [0.1, 0.15) is 24.1 Å². The van der Waals surface area contributed by atoms with Crippen LogP contribution >= 0.6 is 23.1 Å². The summed E-state index contributed by atoms with van der Waals surface area (Å²) in [6, 6.07) is 3.06. The lowest BCUT2D eigenvalue weighted by Crippen LogP contribution is -2.15. The minimum Gasteiger partial charge on any atom is -0.479 e. The Morgan fingerprint density at radius 2 is 2.50 bits per heavy atom. The molecule has 2 aromatic rings. The van der Waals surface area contributed by atoms with E-state index in [0.717, 1.165) is 17.6 Å². The van der Waals surface area contributed by atoms with Gasteiger partial charge in [-0.15, -0.1) is 10.8 Å². The summed E-state index contributed by atoms with van der Waals surface area (Å²) in [7, 11) is 0. The Bertz CT molecular complexity index is 824. The molecular formula is C14H11ClFN3O2S. The van der Waals surface area contributed by atoms with Gasteiger partial charge in [0.15, 0.2) is 5.82 Å². The molecule has 0 amide bonds. The molecule has 3 rings (SSSR count). The van der Waals surface area contributed by atoms with Gasteiger partial charge in [0.05, 0.1) is 11.6 Å². The summed E-state index contributed by atoms with van der Waals surface area (Å²) in [5.41, 5.74) is 0.106. The molecule has 0 N–H and O–H groups in total. The van der Waals surface area contributed by atoms with E-state index in [0.29, 0.717) is 17.4 Å².